The molecule has 0 saturated heterocycles. The van der Waals surface area contributed by atoms with Crippen LogP contribution in [0.1, 0.15) is 98.8 Å². The van der Waals surface area contributed by atoms with Crippen molar-refractivity contribution < 1.29 is 17.9 Å². The minimum Gasteiger partial charge on any atom is -0.469 e. The van der Waals surface area contributed by atoms with Crippen LogP contribution in [0.2, 0.25) is 0 Å². The van der Waals surface area contributed by atoms with Gasteiger partial charge in [-0.15, -0.1) is 0 Å². The lowest BCUT2D eigenvalue weighted by Gasteiger charge is -2.63. The lowest BCUT2D eigenvalue weighted by Crippen LogP contribution is -2.60. The van der Waals surface area contributed by atoms with Gasteiger partial charge in [-0.25, -0.2) is 8.42 Å². The topological polar surface area (TPSA) is 84.5 Å². The van der Waals surface area contributed by atoms with Crippen molar-refractivity contribution in [2.24, 2.45) is 46.3 Å². The number of rotatable bonds is 10. The number of carbonyl (C=O) groups excluding carboxylic acids is 1. The Balaban J connectivity index is 1.52. The fourth-order valence-corrected chi connectivity index (χ4v) is 11.6. The third kappa shape index (κ3) is 5.86. The van der Waals surface area contributed by atoms with Crippen molar-refractivity contribution in [3.05, 3.63) is 0 Å². The van der Waals surface area contributed by atoms with Crippen LogP contribution in [0.4, 0.5) is 0 Å². The minimum atomic E-state index is -3.14. The minimum absolute atomic E-state index is 0.120. The van der Waals surface area contributed by atoms with Gasteiger partial charge >= 0.3 is 5.97 Å². The number of nitrogens with one attached hydrogen (secondary N) is 2. The Morgan fingerprint density at radius 2 is 1.66 bits per heavy atom. The second-order valence-electron chi connectivity index (χ2n) is 14.5. The standard InChI is InChI=1S/C31H56N2O4S/c1-20(2)32-16-17-33-23-12-14-30(4)22(18-23)19-27(38(7,35)36)29-25-10-9-24(21(3)8-11-28(34)37-6)31(25,5)15-13-26(29)30/h20-27,29,32-33H,8-19H2,1-7H3/t21-,22-,23?,24-,25?,26?,27-,29?,30+,31-/m1/s1. The molecular formula is C31H56N2O4S. The summed E-state index contributed by atoms with van der Waals surface area (Å²) in [5.41, 5.74) is 0.418. The zero-order valence-corrected chi connectivity index (χ0v) is 26.0. The van der Waals surface area contributed by atoms with E-state index in [-0.39, 0.29) is 28.0 Å². The molecule has 4 saturated carbocycles. The molecule has 4 aliphatic carbocycles. The molecule has 4 rings (SSSR count). The first kappa shape index (κ1) is 30.3. The summed E-state index contributed by atoms with van der Waals surface area (Å²) in [5, 5.41) is 7.09. The van der Waals surface area contributed by atoms with Crippen molar-refractivity contribution in [2.45, 2.75) is 116 Å². The second kappa shape index (κ2) is 11.7. The Hall–Kier alpha value is -0.660. The monoisotopic (exact) mass is 552 g/mol. The summed E-state index contributed by atoms with van der Waals surface area (Å²) in [5.74, 6) is 2.63. The first-order valence-electron chi connectivity index (χ1n) is 15.5. The number of hydrogen-bond acceptors (Lipinski definition) is 6. The quantitative estimate of drug-likeness (QED) is 0.286. The molecule has 0 spiro atoms. The van der Waals surface area contributed by atoms with Gasteiger partial charge in [-0.2, -0.15) is 0 Å². The number of carbonyl (C=O) groups is 1. The van der Waals surface area contributed by atoms with Gasteiger partial charge in [-0.3, -0.25) is 4.79 Å². The summed E-state index contributed by atoms with van der Waals surface area (Å²) < 4.78 is 31.7. The van der Waals surface area contributed by atoms with Crippen LogP contribution in [0.15, 0.2) is 0 Å². The Morgan fingerprint density at radius 3 is 2.32 bits per heavy atom. The van der Waals surface area contributed by atoms with Gasteiger partial charge in [0.2, 0.25) is 0 Å². The van der Waals surface area contributed by atoms with Gasteiger partial charge in [0, 0.05) is 37.8 Å². The van der Waals surface area contributed by atoms with Crippen LogP contribution in [-0.2, 0) is 19.4 Å². The molecule has 220 valence electrons. The highest BCUT2D eigenvalue weighted by molar-refractivity contribution is 7.91. The maximum Gasteiger partial charge on any atom is 0.305 e. The first-order chi connectivity index (χ1) is 17.8. The summed E-state index contributed by atoms with van der Waals surface area (Å²) >= 11 is 0. The van der Waals surface area contributed by atoms with Crippen LogP contribution in [0.3, 0.4) is 0 Å². The Bertz CT molecular complexity index is 938. The predicted octanol–water partition coefficient (Wildman–Crippen LogP) is 5.21. The smallest absolute Gasteiger partial charge is 0.305 e. The maximum atomic E-state index is 13.4. The van der Waals surface area contributed by atoms with Gasteiger partial charge in [0.05, 0.1) is 12.4 Å². The molecular weight excluding hydrogens is 496 g/mol. The van der Waals surface area contributed by atoms with Gasteiger partial charge in [-0.05, 0) is 104 Å². The summed E-state index contributed by atoms with van der Waals surface area (Å²) in [6.07, 6.45) is 11.9. The second-order valence-corrected chi connectivity index (χ2v) is 16.7. The number of methoxy groups -OCH3 is 1. The molecule has 10 atom stereocenters. The lowest BCUT2D eigenvalue weighted by molar-refractivity contribution is -0.141. The Kier molecular flexibility index (Phi) is 9.31. The molecule has 0 aromatic rings. The molecule has 38 heavy (non-hydrogen) atoms. The summed E-state index contributed by atoms with van der Waals surface area (Å²) in [4.78, 5) is 11.8. The average molecular weight is 553 g/mol. The third-order valence-electron chi connectivity index (χ3n) is 12.1. The zero-order valence-electron chi connectivity index (χ0n) is 25.2. The zero-order chi connectivity index (χ0) is 27.9. The van der Waals surface area contributed by atoms with Crippen LogP contribution < -0.4 is 10.6 Å². The van der Waals surface area contributed by atoms with Crippen molar-refractivity contribution in [3.8, 4) is 0 Å². The van der Waals surface area contributed by atoms with E-state index >= 15 is 0 Å². The highest BCUT2D eigenvalue weighted by Gasteiger charge is 2.64. The molecule has 4 aliphatic rings. The molecule has 4 fully saturated rings. The van der Waals surface area contributed by atoms with E-state index in [0.29, 0.717) is 48.1 Å². The van der Waals surface area contributed by atoms with Gasteiger partial charge in [-0.1, -0.05) is 34.6 Å². The number of sulfone groups is 1. The van der Waals surface area contributed by atoms with Crippen LogP contribution in [0, 0.1) is 46.3 Å². The van der Waals surface area contributed by atoms with Gasteiger partial charge in [0.25, 0.3) is 0 Å². The summed E-state index contributed by atoms with van der Waals surface area (Å²) in [7, 11) is -1.67. The molecule has 0 bridgehead atoms. The Morgan fingerprint density at radius 1 is 0.974 bits per heavy atom. The lowest BCUT2D eigenvalue weighted by atomic mass is 9.44. The van der Waals surface area contributed by atoms with Crippen molar-refractivity contribution in [1.29, 1.82) is 0 Å². The molecule has 0 aromatic heterocycles. The van der Waals surface area contributed by atoms with Crippen LogP contribution in [-0.4, -0.2) is 58.2 Å². The molecule has 0 heterocycles. The van der Waals surface area contributed by atoms with Crippen molar-refractivity contribution in [3.63, 3.8) is 0 Å². The predicted molar refractivity (Wildman–Crippen MR) is 155 cm³/mol. The van der Waals surface area contributed by atoms with E-state index in [9.17, 15) is 13.2 Å². The fraction of sp³-hybridized carbons (Fsp3) is 0.968. The number of ether oxygens (including phenoxy) is 1. The molecule has 4 unspecified atom stereocenters. The van der Waals surface area contributed by atoms with Crippen LogP contribution in [0.5, 0.6) is 0 Å². The summed E-state index contributed by atoms with van der Waals surface area (Å²) in [6.45, 7) is 13.6. The molecule has 0 aliphatic heterocycles. The van der Waals surface area contributed by atoms with E-state index in [0.717, 1.165) is 45.2 Å². The van der Waals surface area contributed by atoms with E-state index in [2.05, 4.69) is 45.3 Å². The van der Waals surface area contributed by atoms with Gasteiger partial charge in [0.1, 0.15) is 0 Å². The number of hydrogen-bond donors (Lipinski definition) is 2. The molecule has 0 radical (unpaired) electrons. The normalized spacial score (nSPS) is 41.7. The maximum absolute atomic E-state index is 13.4. The van der Waals surface area contributed by atoms with Crippen molar-refractivity contribution >= 4 is 15.8 Å². The van der Waals surface area contributed by atoms with Gasteiger partial charge in [0.15, 0.2) is 9.84 Å². The highest BCUT2D eigenvalue weighted by Crippen LogP contribution is 2.69. The number of fused-ring (bicyclic) bond motifs is 5. The van der Waals surface area contributed by atoms with E-state index in [4.69, 9.17) is 4.74 Å². The molecule has 0 amide bonds. The molecule has 6 nitrogen and oxygen atoms in total. The third-order valence-corrected chi connectivity index (χ3v) is 13.7. The van der Waals surface area contributed by atoms with E-state index in [1.54, 1.807) is 0 Å². The van der Waals surface area contributed by atoms with Crippen LogP contribution in [0.25, 0.3) is 0 Å². The largest absolute Gasteiger partial charge is 0.469 e. The SMILES string of the molecule is COC(=O)CC[C@@H](C)[C@H]1CCC2C3C(CC[C@@]21C)[C@@]1(C)CCC(NCCNC(C)C)C[C@@H]1C[C@H]3S(C)(=O)=O. The van der Waals surface area contributed by atoms with Crippen LogP contribution >= 0.6 is 0 Å². The number of esters is 1. The average Bonchev–Trinajstić information content (AvgIpc) is 3.21. The van der Waals surface area contributed by atoms with E-state index in [1.165, 1.54) is 39.0 Å². The van der Waals surface area contributed by atoms with Crippen molar-refractivity contribution in [1.82, 2.24) is 10.6 Å². The molecule has 7 heteroatoms. The summed E-state index contributed by atoms with van der Waals surface area (Å²) in [6, 6.07) is 0.999. The fourth-order valence-electron chi connectivity index (χ4n) is 10.1. The van der Waals surface area contributed by atoms with Crippen molar-refractivity contribution in [2.75, 3.05) is 26.5 Å². The van der Waals surface area contributed by atoms with Gasteiger partial charge < -0.3 is 15.4 Å². The first-order valence-corrected chi connectivity index (χ1v) is 17.5. The Labute approximate surface area is 233 Å². The molecule has 2 N–H and O–H groups in total. The molecule has 0 aromatic carbocycles. The van der Waals surface area contributed by atoms with E-state index < -0.39 is 9.84 Å². The highest BCUT2D eigenvalue weighted by atomic mass is 32.2. The van der Waals surface area contributed by atoms with E-state index in [1.807, 2.05) is 0 Å².